The minimum absolute atomic E-state index is 0.237. The highest BCUT2D eigenvalue weighted by Gasteiger charge is 2.60. The Labute approximate surface area is 214 Å². The summed E-state index contributed by atoms with van der Waals surface area (Å²) in [6.45, 7) is 1.98. The number of benzene rings is 5. The van der Waals surface area contributed by atoms with Gasteiger partial charge in [0, 0.05) is 0 Å². The van der Waals surface area contributed by atoms with Crippen molar-refractivity contribution in [3.05, 3.63) is 120 Å². The summed E-state index contributed by atoms with van der Waals surface area (Å²) in [6.07, 6.45) is -0.906. The topological polar surface area (TPSA) is 49.9 Å². The van der Waals surface area contributed by atoms with Crippen molar-refractivity contribution in [1.82, 2.24) is 0 Å². The maximum Gasteiger partial charge on any atom is 0.266 e. The summed E-state index contributed by atoms with van der Waals surface area (Å²) in [4.78, 5) is 35.5. The summed E-state index contributed by atoms with van der Waals surface area (Å²) >= 11 is 0. The van der Waals surface area contributed by atoms with Crippen LogP contribution in [0.1, 0.15) is 17.2 Å². The van der Waals surface area contributed by atoms with Crippen LogP contribution in [-0.4, -0.2) is 17.9 Å². The van der Waals surface area contributed by atoms with Crippen LogP contribution in [0.2, 0.25) is 0 Å². The lowest BCUT2D eigenvalue weighted by molar-refractivity contribution is -0.126. The van der Waals surface area contributed by atoms with Crippen LogP contribution in [0, 0.1) is 12.8 Å². The van der Waals surface area contributed by atoms with Gasteiger partial charge in [0.25, 0.3) is 5.91 Å². The van der Waals surface area contributed by atoms with Gasteiger partial charge in [-0.05, 0) is 64.4 Å². The molecule has 2 aliphatic rings. The van der Waals surface area contributed by atoms with Crippen LogP contribution in [0.3, 0.4) is 0 Å². The van der Waals surface area contributed by atoms with Crippen molar-refractivity contribution in [2.24, 2.45) is 5.92 Å². The van der Waals surface area contributed by atoms with Crippen LogP contribution in [0.5, 0.6) is 0 Å². The molecule has 5 aromatic carbocycles. The molecule has 180 valence electrons. The van der Waals surface area contributed by atoms with E-state index in [9.17, 15) is 9.59 Å². The van der Waals surface area contributed by atoms with E-state index >= 15 is 0 Å². The Morgan fingerprint density at radius 3 is 1.89 bits per heavy atom. The maximum absolute atomic E-state index is 14.1. The number of hydrogen-bond acceptors (Lipinski definition) is 4. The standard InChI is InChI=1S/C32H24N2O3/c1-20-15-17-23(18-16-20)33-31(35)28-29(34(37-30(28)32(33)36)24-11-3-2-4-12-24)27-25-13-7-5-9-21(25)19-22-10-6-8-14-26(22)27/h2-19,28-30H,1H3/t28-,29+,30-/m0/s1. The Balaban J connectivity index is 1.47. The van der Waals surface area contributed by atoms with Crippen molar-refractivity contribution in [2.75, 3.05) is 9.96 Å². The van der Waals surface area contributed by atoms with Gasteiger partial charge in [0.15, 0.2) is 6.10 Å². The predicted octanol–water partition coefficient (Wildman–Crippen LogP) is 6.35. The second kappa shape index (κ2) is 8.29. The van der Waals surface area contributed by atoms with E-state index in [1.807, 2.05) is 85.8 Å². The number of imide groups is 1. The minimum Gasteiger partial charge on any atom is -0.273 e. The molecule has 5 heteroatoms. The third kappa shape index (κ3) is 3.28. The molecule has 5 nitrogen and oxygen atoms in total. The monoisotopic (exact) mass is 484 g/mol. The molecular weight excluding hydrogens is 460 g/mol. The van der Waals surface area contributed by atoms with Crippen LogP contribution in [0.4, 0.5) is 11.4 Å². The molecule has 2 amide bonds. The molecule has 5 aromatic rings. The number of anilines is 2. The van der Waals surface area contributed by atoms with Crippen molar-refractivity contribution >= 4 is 44.7 Å². The number of para-hydroxylation sites is 1. The first-order valence-corrected chi connectivity index (χ1v) is 12.5. The molecule has 3 atom stereocenters. The fourth-order valence-corrected chi connectivity index (χ4v) is 5.82. The lowest BCUT2D eigenvalue weighted by atomic mass is 9.84. The van der Waals surface area contributed by atoms with Gasteiger partial charge in [0.1, 0.15) is 5.92 Å². The van der Waals surface area contributed by atoms with E-state index in [-0.39, 0.29) is 11.8 Å². The number of nitrogens with zero attached hydrogens (tertiary/aromatic N) is 2. The fourth-order valence-electron chi connectivity index (χ4n) is 5.82. The summed E-state index contributed by atoms with van der Waals surface area (Å²) in [6, 6.07) is 35.3. The number of hydrogen-bond donors (Lipinski definition) is 0. The quantitative estimate of drug-likeness (QED) is 0.221. The molecule has 2 fully saturated rings. The summed E-state index contributed by atoms with van der Waals surface area (Å²) in [5.74, 6) is -1.26. The van der Waals surface area contributed by atoms with Crippen molar-refractivity contribution in [2.45, 2.75) is 19.1 Å². The van der Waals surface area contributed by atoms with E-state index in [0.29, 0.717) is 5.69 Å². The van der Waals surface area contributed by atoms with Gasteiger partial charge in [-0.2, -0.15) is 0 Å². The molecule has 0 aliphatic carbocycles. The van der Waals surface area contributed by atoms with Crippen LogP contribution in [-0.2, 0) is 14.4 Å². The number of amides is 2. The summed E-state index contributed by atoms with van der Waals surface area (Å²) in [5.41, 5.74) is 3.44. The van der Waals surface area contributed by atoms with Crippen LogP contribution in [0.15, 0.2) is 109 Å². The summed E-state index contributed by atoms with van der Waals surface area (Å²) in [5, 5.41) is 6.04. The van der Waals surface area contributed by atoms with Gasteiger partial charge in [0.05, 0.1) is 17.4 Å². The van der Waals surface area contributed by atoms with E-state index in [2.05, 4.69) is 30.3 Å². The Morgan fingerprint density at radius 2 is 1.24 bits per heavy atom. The average molecular weight is 485 g/mol. The zero-order valence-corrected chi connectivity index (χ0v) is 20.2. The zero-order valence-electron chi connectivity index (χ0n) is 20.2. The van der Waals surface area contributed by atoms with Crippen molar-refractivity contribution in [1.29, 1.82) is 0 Å². The van der Waals surface area contributed by atoms with E-state index in [4.69, 9.17) is 4.84 Å². The van der Waals surface area contributed by atoms with Crippen molar-refractivity contribution in [3.63, 3.8) is 0 Å². The van der Waals surface area contributed by atoms with Gasteiger partial charge in [0.2, 0.25) is 5.91 Å². The molecular formula is C32H24N2O3. The van der Waals surface area contributed by atoms with E-state index in [1.54, 1.807) is 5.06 Å². The third-order valence-electron chi connectivity index (χ3n) is 7.53. The lowest BCUT2D eigenvalue weighted by Gasteiger charge is -2.30. The lowest BCUT2D eigenvalue weighted by Crippen LogP contribution is -2.37. The Bertz CT molecular complexity index is 1630. The first kappa shape index (κ1) is 21.8. The van der Waals surface area contributed by atoms with Gasteiger partial charge in [-0.3, -0.25) is 14.4 Å². The number of aryl methyl sites for hydroxylation is 1. The van der Waals surface area contributed by atoms with Gasteiger partial charge >= 0.3 is 0 Å². The van der Waals surface area contributed by atoms with Gasteiger partial charge in [-0.1, -0.05) is 84.4 Å². The Hall–Kier alpha value is -4.48. The van der Waals surface area contributed by atoms with E-state index < -0.39 is 18.1 Å². The molecule has 2 aliphatic heterocycles. The highest BCUT2D eigenvalue weighted by atomic mass is 16.7. The molecule has 2 saturated heterocycles. The second-order valence-corrected chi connectivity index (χ2v) is 9.74. The van der Waals surface area contributed by atoms with Crippen molar-refractivity contribution in [3.8, 4) is 0 Å². The maximum atomic E-state index is 14.1. The van der Waals surface area contributed by atoms with Gasteiger partial charge in [-0.15, -0.1) is 0 Å². The summed E-state index contributed by atoms with van der Waals surface area (Å²) in [7, 11) is 0. The van der Waals surface area contributed by atoms with E-state index in [1.165, 1.54) is 4.90 Å². The molecule has 2 heterocycles. The average Bonchev–Trinajstić information content (AvgIpc) is 3.44. The predicted molar refractivity (Wildman–Crippen MR) is 145 cm³/mol. The number of rotatable bonds is 3. The molecule has 0 spiro atoms. The molecule has 7 rings (SSSR count). The number of fused-ring (bicyclic) bond motifs is 3. The molecule has 0 saturated carbocycles. The molecule has 0 N–H and O–H groups in total. The smallest absolute Gasteiger partial charge is 0.266 e. The molecule has 0 unspecified atom stereocenters. The molecule has 0 radical (unpaired) electrons. The number of hydroxylamine groups is 1. The Kier molecular flexibility index (Phi) is 4.88. The number of carbonyl (C=O) groups excluding carboxylic acids is 2. The molecule has 0 bridgehead atoms. The van der Waals surface area contributed by atoms with Crippen LogP contribution >= 0.6 is 0 Å². The fraction of sp³-hybridized carbons (Fsp3) is 0.125. The first-order valence-electron chi connectivity index (χ1n) is 12.5. The van der Waals surface area contributed by atoms with Crippen LogP contribution < -0.4 is 9.96 Å². The number of carbonyl (C=O) groups is 2. The molecule has 37 heavy (non-hydrogen) atoms. The largest absolute Gasteiger partial charge is 0.273 e. The van der Waals surface area contributed by atoms with Crippen LogP contribution in [0.25, 0.3) is 21.5 Å². The Morgan fingerprint density at radius 1 is 0.649 bits per heavy atom. The molecule has 0 aromatic heterocycles. The highest BCUT2D eigenvalue weighted by Crippen LogP contribution is 2.50. The van der Waals surface area contributed by atoms with E-state index in [0.717, 1.165) is 38.4 Å². The van der Waals surface area contributed by atoms with Gasteiger partial charge in [-0.25, -0.2) is 9.96 Å². The SMILES string of the molecule is Cc1ccc(N2C(=O)[C@@H]3[C@H](ON(c4ccccc4)[C@@H]3c3c4ccccc4cc4ccccc34)C2=O)cc1. The highest BCUT2D eigenvalue weighted by molar-refractivity contribution is 6.24. The zero-order chi connectivity index (χ0) is 25.1. The summed E-state index contributed by atoms with van der Waals surface area (Å²) < 4.78 is 0. The normalized spacial score (nSPS) is 21.3. The third-order valence-corrected chi connectivity index (χ3v) is 7.53. The first-order chi connectivity index (χ1) is 18.1. The van der Waals surface area contributed by atoms with Gasteiger partial charge < -0.3 is 0 Å². The second-order valence-electron chi connectivity index (χ2n) is 9.74. The van der Waals surface area contributed by atoms with Crippen molar-refractivity contribution < 1.29 is 14.4 Å². The minimum atomic E-state index is -0.906.